The van der Waals surface area contributed by atoms with E-state index in [1.165, 1.54) is 4.90 Å². The van der Waals surface area contributed by atoms with Crippen LogP contribution >= 0.6 is 11.6 Å². The highest BCUT2D eigenvalue weighted by Gasteiger charge is 2.49. The number of hydrogen-bond acceptors (Lipinski definition) is 7. The van der Waals surface area contributed by atoms with Crippen molar-refractivity contribution >= 4 is 23.2 Å². The molecule has 5 heterocycles. The van der Waals surface area contributed by atoms with Crippen LogP contribution in [0.3, 0.4) is 0 Å². The van der Waals surface area contributed by atoms with E-state index in [-0.39, 0.29) is 36.8 Å². The summed E-state index contributed by atoms with van der Waals surface area (Å²) in [6.45, 7) is 2.29. The number of ether oxygens (including phenoxy) is 1. The smallest absolute Gasteiger partial charge is 0.418 e. The maximum atomic E-state index is 16.5. The Morgan fingerprint density at radius 1 is 1.19 bits per heavy atom. The molecule has 0 aromatic heterocycles. The number of likely N-dealkylation sites (tertiary alicyclic amines) is 2. The highest BCUT2D eigenvalue weighted by molar-refractivity contribution is 6.32. The first kappa shape index (κ1) is 29.3. The summed E-state index contributed by atoms with van der Waals surface area (Å²) < 4.78 is 92.4. The quantitative estimate of drug-likeness (QED) is 0.458. The summed E-state index contributed by atoms with van der Waals surface area (Å²) in [4.78, 5) is 12.3. The fourth-order valence-electron chi connectivity index (χ4n) is 6.73. The zero-order valence-electron chi connectivity index (χ0n) is 22.9. The molecule has 42 heavy (non-hydrogen) atoms. The van der Waals surface area contributed by atoms with Crippen molar-refractivity contribution < 1.29 is 36.2 Å². The van der Waals surface area contributed by atoms with Crippen LogP contribution in [0.4, 0.5) is 26.3 Å². The number of likely N-dealkylation sites (N-methyl/N-ethyl adjacent to an activating group) is 1. The Labute approximate surface area is 243 Å². The van der Waals surface area contributed by atoms with Gasteiger partial charge in [-0.15, -0.1) is 0 Å². The van der Waals surface area contributed by atoms with Gasteiger partial charge in [-0.05, 0) is 38.9 Å². The predicted octanol–water partition coefficient (Wildman–Crippen LogP) is 5.14. The molecule has 3 fully saturated rings. The molecule has 7 nitrogen and oxygen atoms in total. The van der Waals surface area contributed by atoms with Gasteiger partial charge in [0.05, 0.1) is 34.8 Å². The molecule has 6 rings (SSSR count). The number of nitrogens with one attached hydrogen (secondary N) is 1. The molecule has 0 amide bonds. The number of rotatable bonds is 4. The molecule has 3 unspecified atom stereocenters. The first-order valence-corrected chi connectivity index (χ1v) is 14.1. The highest BCUT2D eigenvalue weighted by Crippen LogP contribution is 2.48. The van der Waals surface area contributed by atoms with Crippen LogP contribution in [0.5, 0.6) is 5.75 Å². The minimum Gasteiger partial charge on any atom is -0.508 e. The van der Waals surface area contributed by atoms with Gasteiger partial charge in [-0.1, -0.05) is 11.6 Å². The lowest BCUT2D eigenvalue weighted by Gasteiger charge is -2.45. The number of phenolic OH excluding ortho intramolecular Hbond substituents is 1. The fraction of sp³-hybridized carbons (Fsp3) is 0.571. The lowest BCUT2D eigenvalue weighted by atomic mass is 9.77. The highest BCUT2D eigenvalue weighted by atomic mass is 35.5. The van der Waals surface area contributed by atoms with Crippen molar-refractivity contribution in [2.24, 2.45) is 15.4 Å². The number of dihydropyridines is 2. The fourth-order valence-corrected chi connectivity index (χ4v) is 7.06. The molecule has 2 N–H and O–H groups in total. The van der Waals surface area contributed by atoms with Crippen molar-refractivity contribution in [3.8, 4) is 5.75 Å². The SMILES string of the molecule is CN1CC(F)(F)C[C@H]1COC1=NC2=C(F)C(c3cc(O)cc(Cl)c3C(F)(F)F)=NCC2(C)C(N2CC3CCC(C2)N3)=C1. The first-order chi connectivity index (χ1) is 19.6. The molecular formula is C28H30ClF6N5O2. The average Bonchev–Trinajstić information content (AvgIpc) is 3.36. The van der Waals surface area contributed by atoms with Gasteiger partial charge in [-0.2, -0.15) is 13.2 Å². The van der Waals surface area contributed by atoms with Crippen LogP contribution in [0.15, 0.2) is 45.4 Å². The number of benzene rings is 1. The Morgan fingerprint density at radius 3 is 2.50 bits per heavy atom. The van der Waals surface area contributed by atoms with Crippen LogP contribution in [-0.4, -0.2) is 90.4 Å². The molecule has 228 valence electrons. The van der Waals surface area contributed by atoms with Crippen molar-refractivity contribution in [3.63, 3.8) is 0 Å². The van der Waals surface area contributed by atoms with Gasteiger partial charge in [0.25, 0.3) is 5.92 Å². The number of aliphatic imine (C=N–C) groups is 2. The Kier molecular flexibility index (Phi) is 7.09. The zero-order chi connectivity index (χ0) is 30.2. The minimum absolute atomic E-state index is 0.0200. The molecule has 2 bridgehead atoms. The van der Waals surface area contributed by atoms with Crippen LogP contribution in [0.2, 0.25) is 5.02 Å². The van der Waals surface area contributed by atoms with Crippen molar-refractivity contribution in [3.05, 3.63) is 51.6 Å². The maximum Gasteiger partial charge on any atom is 0.418 e. The van der Waals surface area contributed by atoms with Crippen LogP contribution in [0.25, 0.3) is 0 Å². The largest absolute Gasteiger partial charge is 0.508 e. The topological polar surface area (TPSA) is 72.7 Å². The summed E-state index contributed by atoms with van der Waals surface area (Å²) in [6, 6.07) is 1.35. The van der Waals surface area contributed by atoms with E-state index in [1.54, 1.807) is 20.0 Å². The number of fused-ring (bicyclic) bond motifs is 3. The van der Waals surface area contributed by atoms with Crippen LogP contribution < -0.4 is 5.32 Å². The zero-order valence-corrected chi connectivity index (χ0v) is 23.7. The molecule has 0 aliphatic carbocycles. The Morgan fingerprint density at radius 2 is 1.88 bits per heavy atom. The van der Waals surface area contributed by atoms with E-state index in [0.717, 1.165) is 25.0 Å². The standard InChI is InChI=1S/C28H30ClF6N5O2/c1-26-12-36-24(18-5-17(41)6-19(29)22(18)28(33,34)35)23(30)25(26)38-21(42-11-16-8-27(31,32)13-39(16)2)7-20(26)40-9-14-3-4-15(10-40)37-14/h5-7,14-16,37,41H,3-4,8-13H2,1-2H3/t14?,15?,16-,26?/m0/s1. The van der Waals surface area contributed by atoms with E-state index in [2.05, 4.69) is 20.2 Å². The second-order valence-electron chi connectivity index (χ2n) is 12.0. The number of aromatic hydroxyl groups is 1. The third-order valence-corrected chi connectivity index (χ3v) is 9.07. The molecule has 4 atom stereocenters. The summed E-state index contributed by atoms with van der Waals surface area (Å²) in [5, 5.41) is 12.8. The van der Waals surface area contributed by atoms with Crippen molar-refractivity contribution in [1.29, 1.82) is 0 Å². The van der Waals surface area contributed by atoms with Gasteiger partial charge in [-0.25, -0.2) is 18.2 Å². The summed E-state index contributed by atoms with van der Waals surface area (Å²) in [6.07, 6.45) is -1.75. The Hall–Kier alpha value is -2.77. The van der Waals surface area contributed by atoms with Gasteiger partial charge in [0, 0.05) is 55.0 Å². The summed E-state index contributed by atoms with van der Waals surface area (Å²) in [7, 11) is 1.57. The van der Waals surface area contributed by atoms with E-state index in [9.17, 15) is 27.1 Å². The van der Waals surface area contributed by atoms with Crippen LogP contribution in [-0.2, 0) is 10.9 Å². The van der Waals surface area contributed by atoms with Crippen molar-refractivity contribution in [2.45, 2.75) is 56.4 Å². The first-order valence-electron chi connectivity index (χ1n) is 13.7. The predicted molar refractivity (Wildman–Crippen MR) is 145 cm³/mol. The van der Waals surface area contributed by atoms with E-state index < -0.39 is 70.0 Å². The number of halogens is 7. The van der Waals surface area contributed by atoms with E-state index in [1.807, 2.05) is 0 Å². The molecule has 0 radical (unpaired) electrons. The van der Waals surface area contributed by atoms with Crippen molar-refractivity contribution in [2.75, 3.05) is 39.8 Å². The number of alkyl halides is 5. The van der Waals surface area contributed by atoms with Gasteiger partial charge in [0.2, 0.25) is 5.90 Å². The van der Waals surface area contributed by atoms with Gasteiger partial charge in [0.15, 0.2) is 5.83 Å². The number of phenols is 1. The van der Waals surface area contributed by atoms with Gasteiger partial charge >= 0.3 is 6.18 Å². The monoisotopic (exact) mass is 617 g/mol. The van der Waals surface area contributed by atoms with Gasteiger partial charge in [0.1, 0.15) is 18.1 Å². The van der Waals surface area contributed by atoms with Gasteiger partial charge in [-0.3, -0.25) is 9.89 Å². The summed E-state index contributed by atoms with van der Waals surface area (Å²) in [5.74, 6) is -4.57. The van der Waals surface area contributed by atoms with E-state index in [0.29, 0.717) is 18.8 Å². The number of piperazine rings is 1. The second kappa shape index (κ2) is 10.2. The van der Waals surface area contributed by atoms with Gasteiger partial charge < -0.3 is 20.1 Å². The van der Waals surface area contributed by atoms with Crippen LogP contribution in [0.1, 0.15) is 37.3 Å². The lowest BCUT2D eigenvalue weighted by molar-refractivity contribution is -0.137. The van der Waals surface area contributed by atoms with Crippen molar-refractivity contribution in [1.82, 2.24) is 15.1 Å². The summed E-state index contributed by atoms with van der Waals surface area (Å²) >= 11 is 5.87. The Bertz CT molecular complexity index is 1410. The third kappa shape index (κ3) is 5.17. The molecular weight excluding hydrogens is 588 g/mol. The number of nitrogens with zero attached hydrogens (tertiary/aromatic N) is 4. The molecule has 1 aromatic carbocycles. The van der Waals surface area contributed by atoms with E-state index in [4.69, 9.17) is 16.3 Å². The number of allylic oxidation sites excluding steroid dienone is 1. The molecule has 5 aliphatic rings. The molecule has 14 heteroatoms. The minimum atomic E-state index is -4.96. The molecule has 5 aliphatic heterocycles. The molecule has 0 saturated carbocycles. The normalized spacial score (nSPS) is 31.1. The second-order valence-corrected chi connectivity index (χ2v) is 12.4. The average molecular weight is 618 g/mol. The molecule has 0 spiro atoms. The molecule has 3 saturated heterocycles. The van der Waals surface area contributed by atoms with E-state index >= 15 is 4.39 Å². The lowest BCUT2D eigenvalue weighted by Crippen LogP contribution is -2.54. The third-order valence-electron chi connectivity index (χ3n) is 8.77. The number of hydrogen-bond donors (Lipinski definition) is 2. The summed E-state index contributed by atoms with van der Waals surface area (Å²) in [5.41, 5.74) is -3.34. The Balaban J connectivity index is 1.41. The molecule has 1 aromatic rings. The maximum absolute atomic E-state index is 16.5. The van der Waals surface area contributed by atoms with Crippen LogP contribution in [0, 0.1) is 5.41 Å².